The molecule has 1 aliphatic heterocycles. The lowest BCUT2D eigenvalue weighted by atomic mass is 9.79. The standard InChI is InChI=1S/C35H26O5/c36-22-24-16-23(17-29(18-24)39-28-14-8-3-9-15-28)19-31(37)35-34(38)33-30(26-12-6-2-7-13-26)20-27(21-32(33)40-35)25-10-4-1-5-11-25/h1-18,20-22,32-33,35H,19H2. The van der Waals surface area contributed by atoms with Crippen molar-refractivity contribution in [3.63, 3.8) is 0 Å². The molecule has 6 rings (SSSR count). The van der Waals surface area contributed by atoms with Gasteiger partial charge in [0, 0.05) is 12.0 Å². The maximum absolute atomic E-state index is 13.7. The van der Waals surface area contributed by atoms with Crippen LogP contribution in [0, 0.1) is 5.92 Å². The number of ketones is 2. The zero-order valence-corrected chi connectivity index (χ0v) is 21.6. The van der Waals surface area contributed by atoms with E-state index in [9.17, 15) is 14.4 Å². The van der Waals surface area contributed by atoms with Gasteiger partial charge in [-0.2, -0.15) is 0 Å². The maximum atomic E-state index is 13.7. The molecule has 4 aromatic rings. The fourth-order valence-corrected chi connectivity index (χ4v) is 5.35. The van der Waals surface area contributed by atoms with Crippen LogP contribution in [0.1, 0.15) is 27.0 Å². The lowest BCUT2D eigenvalue weighted by Crippen LogP contribution is -2.31. The average molecular weight is 527 g/mol. The summed E-state index contributed by atoms with van der Waals surface area (Å²) in [6.45, 7) is 0. The highest BCUT2D eigenvalue weighted by Gasteiger charge is 2.48. The van der Waals surface area contributed by atoms with Gasteiger partial charge in [-0.05, 0) is 70.3 Å². The molecule has 196 valence electrons. The van der Waals surface area contributed by atoms with Gasteiger partial charge in [0.1, 0.15) is 17.8 Å². The number of hydrogen-bond donors (Lipinski definition) is 0. The predicted octanol–water partition coefficient (Wildman–Crippen LogP) is 6.54. The summed E-state index contributed by atoms with van der Waals surface area (Å²) < 4.78 is 12.1. The van der Waals surface area contributed by atoms with Crippen molar-refractivity contribution >= 4 is 29.0 Å². The Kier molecular flexibility index (Phi) is 7.04. The van der Waals surface area contributed by atoms with Crippen LogP contribution in [-0.2, 0) is 20.7 Å². The number of allylic oxidation sites excluding steroid dienone is 2. The number of aldehydes is 1. The van der Waals surface area contributed by atoms with Crippen molar-refractivity contribution in [3.8, 4) is 11.5 Å². The molecule has 1 fully saturated rings. The Morgan fingerprint density at radius 1 is 0.800 bits per heavy atom. The van der Waals surface area contributed by atoms with Crippen molar-refractivity contribution in [3.05, 3.63) is 144 Å². The van der Waals surface area contributed by atoms with Crippen LogP contribution < -0.4 is 4.74 Å². The Balaban J connectivity index is 1.28. The highest BCUT2D eigenvalue weighted by Crippen LogP contribution is 2.42. The number of carbonyl (C=O) groups is 3. The Bertz CT molecular complexity index is 1620. The lowest BCUT2D eigenvalue weighted by Gasteiger charge is -2.24. The number of Topliss-reactive ketones (excluding diaryl/α,β-unsaturated/α-hetero) is 2. The van der Waals surface area contributed by atoms with Gasteiger partial charge in [-0.15, -0.1) is 0 Å². The molecule has 1 heterocycles. The third kappa shape index (κ3) is 5.20. The van der Waals surface area contributed by atoms with Gasteiger partial charge >= 0.3 is 0 Å². The number of rotatable bonds is 8. The van der Waals surface area contributed by atoms with Gasteiger partial charge in [0.05, 0.1) is 12.0 Å². The van der Waals surface area contributed by atoms with E-state index in [2.05, 4.69) is 0 Å². The Hall–Kier alpha value is -4.87. The zero-order chi connectivity index (χ0) is 27.5. The minimum Gasteiger partial charge on any atom is -0.457 e. The van der Waals surface area contributed by atoms with Crippen LogP contribution in [0.5, 0.6) is 11.5 Å². The van der Waals surface area contributed by atoms with Crippen molar-refractivity contribution < 1.29 is 23.9 Å². The molecule has 0 aromatic heterocycles. The molecule has 3 atom stereocenters. The molecule has 0 radical (unpaired) electrons. The fourth-order valence-electron chi connectivity index (χ4n) is 5.35. The van der Waals surface area contributed by atoms with Crippen LogP contribution in [-0.4, -0.2) is 30.1 Å². The molecular weight excluding hydrogens is 500 g/mol. The number of fused-ring (bicyclic) bond motifs is 1. The first-order valence-electron chi connectivity index (χ1n) is 13.2. The van der Waals surface area contributed by atoms with Crippen LogP contribution in [0.15, 0.2) is 121 Å². The van der Waals surface area contributed by atoms with Crippen molar-refractivity contribution in [1.29, 1.82) is 0 Å². The highest BCUT2D eigenvalue weighted by atomic mass is 16.5. The monoisotopic (exact) mass is 526 g/mol. The van der Waals surface area contributed by atoms with Gasteiger partial charge in [-0.25, -0.2) is 0 Å². The van der Waals surface area contributed by atoms with Gasteiger partial charge < -0.3 is 9.47 Å². The summed E-state index contributed by atoms with van der Waals surface area (Å²) in [6, 6.07) is 33.8. The lowest BCUT2D eigenvalue weighted by molar-refractivity contribution is -0.136. The van der Waals surface area contributed by atoms with Gasteiger partial charge in [-0.1, -0.05) is 78.9 Å². The van der Waals surface area contributed by atoms with Crippen molar-refractivity contribution in [2.45, 2.75) is 18.6 Å². The second-order valence-corrected chi connectivity index (χ2v) is 9.90. The van der Waals surface area contributed by atoms with Gasteiger partial charge in [0.25, 0.3) is 0 Å². The first kappa shape index (κ1) is 25.4. The van der Waals surface area contributed by atoms with E-state index in [0.717, 1.165) is 22.3 Å². The first-order chi connectivity index (χ1) is 19.6. The van der Waals surface area contributed by atoms with Crippen molar-refractivity contribution in [2.24, 2.45) is 5.92 Å². The van der Waals surface area contributed by atoms with Crippen LogP contribution in [0.25, 0.3) is 11.1 Å². The molecule has 3 unspecified atom stereocenters. The second-order valence-electron chi connectivity index (χ2n) is 9.90. The van der Waals surface area contributed by atoms with E-state index in [-0.39, 0.29) is 18.0 Å². The van der Waals surface area contributed by atoms with E-state index in [4.69, 9.17) is 9.47 Å². The molecule has 0 N–H and O–H groups in total. The summed E-state index contributed by atoms with van der Waals surface area (Å²) in [6.07, 6.45) is 2.85. The molecule has 5 nitrogen and oxygen atoms in total. The number of hydrogen-bond acceptors (Lipinski definition) is 5. The van der Waals surface area contributed by atoms with Gasteiger partial charge in [-0.3, -0.25) is 14.4 Å². The van der Waals surface area contributed by atoms with Crippen LogP contribution >= 0.6 is 0 Å². The zero-order valence-electron chi connectivity index (χ0n) is 21.6. The number of carbonyl (C=O) groups excluding carboxylic acids is 3. The normalized spacial score (nSPS) is 19.8. The molecule has 0 amide bonds. The largest absolute Gasteiger partial charge is 0.457 e. The predicted molar refractivity (Wildman–Crippen MR) is 153 cm³/mol. The molecule has 1 aliphatic carbocycles. The SMILES string of the molecule is O=Cc1cc(CC(=O)C2OC3C=C(c4ccccc4)C=C(c4ccccc4)C3C2=O)cc(Oc2ccccc2)c1. The summed E-state index contributed by atoms with van der Waals surface area (Å²) in [5.41, 5.74) is 4.68. The van der Waals surface area contributed by atoms with E-state index < -0.39 is 18.1 Å². The van der Waals surface area contributed by atoms with E-state index in [1.807, 2.05) is 91.0 Å². The number of para-hydroxylation sites is 1. The van der Waals surface area contributed by atoms with Gasteiger partial charge in [0.2, 0.25) is 0 Å². The molecule has 0 saturated carbocycles. The van der Waals surface area contributed by atoms with Crippen molar-refractivity contribution in [1.82, 2.24) is 0 Å². The highest BCUT2D eigenvalue weighted by molar-refractivity contribution is 6.13. The molecule has 0 bridgehead atoms. The maximum Gasteiger partial charge on any atom is 0.179 e. The molecule has 1 saturated heterocycles. The molecule has 5 heteroatoms. The molecule has 4 aromatic carbocycles. The Morgan fingerprint density at radius 2 is 1.45 bits per heavy atom. The molecule has 40 heavy (non-hydrogen) atoms. The summed E-state index contributed by atoms with van der Waals surface area (Å²) in [5.74, 6) is -0.129. The van der Waals surface area contributed by atoms with E-state index in [0.29, 0.717) is 28.9 Å². The second kappa shape index (κ2) is 11.1. The van der Waals surface area contributed by atoms with Crippen LogP contribution in [0.4, 0.5) is 0 Å². The van der Waals surface area contributed by atoms with Crippen molar-refractivity contribution in [2.75, 3.05) is 0 Å². The summed E-state index contributed by atoms with van der Waals surface area (Å²) in [5, 5.41) is 0. The quantitative estimate of drug-likeness (QED) is 0.193. The smallest absolute Gasteiger partial charge is 0.179 e. The van der Waals surface area contributed by atoms with Crippen LogP contribution in [0.2, 0.25) is 0 Å². The molecular formula is C35H26O5. The average Bonchev–Trinajstić information content (AvgIpc) is 3.34. The van der Waals surface area contributed by atoms with E-state index in [1.165, 1.54) is 0 Å². The van der Waals surface area contributed by atoms with E-state index >= 15 is 0 Å². The third-order valence-corrected chi connectivity index (χ3v) is 7.17. The van der Waals surface area contributed by atoms with E-state index in [1.54, 1.807) is 30.3 Å². The first-order valence-corrected chi connectivity index (χ1v) is 13.2. The number of ether oxygens (including phenoxy) is 2. The topological polar surface area (TPSA) is 69.7 Å². The minimum absolute atomic E-state index is 0.0671. The number of benzene rings is 4. The fraction of sp³-hybridized carbons (Fsp3) is 0.114. The Morgan fingerprint density at radius 3 is 2.12 bits per heavy atom. The summed E-state index contributed by atoms with van der Waals surface area (Å²) in [4.78, 5) is 38.9. The molecule has 2 aliphatic rings. The minimum atomic E-state index is -1.20. The van der Waals surface area contributed by atoms with Crippen LogP contribution in [0.3, 0.4) is 0 Å². The molecule has 0 spiro atoms. The third-order valence-electron chi connectivity index (χ3n) is 7.17. The van der Waals surface area contributed by atoms with Gasteiger partial charge in [0.15, 0.2) is 17.7 Å². The Labute approximate surface area is 232 Å². The summed E-state index contributed by atoms with van der Waals surface area (Å²) in [7, 11) is 0. The summed E-state index contributed by atoms with van der Waals surface area (Å²) >= 11 is 0.